The zero-order valence-electron chi connectivity index (χ0n) is 18.6. The van der Waals surface area contributed by atoms with Crippen LogP contribution in [0.4, 0.5) is 0 Å². The van der Waals surface area contributed by atoms with Gasteiger partial charge >= 0.3 is 0 Å². The summed E-state index contributed by atoms with van der Waals surface area (Å²) in [5.74, 6) is 0.965. The molecule has 0 fully saturated rings. The first-order chi connectivity index (χ1) is 14.8. The summed E-state index contributed by atoms with van der Waals surface area (Å²) in [6.45, 7) is 8.27. The Kier molecular flexibility index (Phi) is 15.1. The molecule has 4 heteroatoms. The van der Waals surface area contributed by atoms with Gasteiger partial charge in [-0.25, -0.2) is 0 Å². The van der Waals surface area contributed by atoms with E-state index in [0.717, 1.165) is 0 Å². The SMILES string of the molecule is Oc1ccccc1.Oc1ccccc1.Oc1ccccc1.[CH2-]C(C)(C)c1ccccc1.[Ti]. The van der Waals surface area contributed by atoms with Crippen LogP contribution in [0.2, 0.25) is 0 Å². The average Bonchev–Trinajstić information content (AvgIpc) is 2.77. The molecule has 0 bridgehead atoms. The first-order valence-corrected chi connectivity index (χ1v) is 9.92. The minimum absolute atomic E-state index is 0. The Morgan fingerprint density at radius 1 is 0.469 bits per heavy atom. The number of phenolic OH excluding ortho intramolecular Hbond substituents is 3. The largest absolute Gasteiger partial charge is 0.508 e. The molecule has 0 spiro atoms. The molecule has 0 aliphatic carbocycles. The molecule has 3 N–H and O–H groups in total. The van der Waals surface area contributed by atoms with Gasteiger partial charge in [-0.2, -0.15) is 0 Å². The zero-order chi connectivity index (χ0) is 23.0. The maximum absolute atomic E-state index is 8.63. The molecular formula is C28H31O3Ti-. The molecule has 0 saturated heterocycles. The van der Waals surface area contributed by atoms with Gasteiger partial charge in [0.15, 0.2) is 0 Å². The predicted octanol–water partition coefficient (Wildman–Crippen LogP) is 6.97. The molecule has 166 valence electrons. The minimum atomic E-state index is 0. The van der Waals surface area contributed by atoms with Crippen molar-refractivity contribution in [2.45, 2.75) is 19.3 Å². The molecule has 4 aromatic carbocycles. The van der Waals surface area contributed by atoms with Gasteiger partial charge in [-0.1, -0.05) is 104 Å². The van der Waals surface area contributed by atoms with Crippen molar-refractivity contribution < 1.29 is 37.0 Å². The second kappa shape index (κ2) is 16.7. The van der Waals surface area contributed by atoms with E-state index in [1.807, 2.05) is 36.4 Å². The molecule has 0 atom stereocenters. The van der Waals surface area contributed by atoms with E-state index in [1.54, 1.807) is 72.8 Å². The van der Waals surface area contributed by atoms with E-state index in [0.29, 0.717) is 17.2 Å². The van der Waals surface area contributed by atoms with Crippen molar-refractivity contribution in [2.24, 2.45) is 0 Å². The third-order valence-corrected chi connectivity index (χ3v) is 3.82. The van der Waals surface area contributed by atoms with Crippen LogP contribution in [-0.2, 0) is 27.1 Å². The van der Waals surface area contributed by atoms with Gasteiger partial charge < -0.3 is 22.2 Å². The number of aromatic hydroxyl groups is 3. The van der Waals surface area contributed by atoms with E-state index in [1.165, 1.54) is 5.56 Å². The van der Waals surface area contributed by atoms with E-state index >= 15 is 0 Å². The van der Waals surface area contributed by atoms with Crippen LogP contribution in [0.3, 0.4) is 0 Å². The summed E-state index contributed by atoms with van der Waals surface area (Å²) in [5.41, 5.74) is 1.33. The van der Waals surface area contributed by atoms with Gasteiger partial charge in [0.05, 0.1) is 0 Å². The molecule has 0 radical (unpaired) electrons. The standard InChI is InChI=1S/C10H13.3C6H6O.Ti/c1-10(2,3)9-7-5-4-6-8-9;3*7-6-4-2-1-3-5-6;/h4-8H,1H2,2-3H3;3*1-5,7H;/q-1;;;;. The van der Waals surface area contributed by atoms with Gasteiger partial charge in [-0.15, -0.1) is 5.41 Å². The second-order valence-electron chi connectivity index (χ2n) is 7.26. The molecule has 0 amide bonds. The van der Waals surface area contributed by atoms with Crippen molar-refractivity contribution in [2.75, 3.05) is 0 Å². The summed E-state index contributed by atoms with van der Waals surface area (Å²) >= 11 is 0. The summed E-state index contributed by atoms with van der Waals surface area (Å²) in [6, 6.07) is 36.5. The zero-order valence-corrected chi connectivity index (χ0v) is 20.2. The number of para-hydroxylation sites is 3. The number of hydrogen-bond donors (Lipinski definition) is 3. The van der Waals surface area contributed by atoms with Crippen LogP contribution in [0.5, 0.6) is 17.2 Å². The molecule has 0 heterocycles. The number of hydrogen-bond acceptors (Lipinski definition) is 3. The monoisotopic (exact) mass is 463 g/mol. The van der Waals surface area contributed by atoms with Crippen molar-refractivity contribution in [3.05, 3.63) is 134 Å². The van der Waals surface area contributed by atoms with Crippen LogP contribution >= 0.6 is 0 Å². The normalized spacial score (nSPS) is 9.22. The third kappa shape index (κ3) is 14.9. The van der Waals surface area contributed by atoms with Crippen molar-refractivity contribution in [3.63, 3.8) is 0 Å². The minimum Gasteiger partial charge on any atom is -0.508 e. The van der Waals surface area contributed by atoms with Crippen LogP contribution < -0.4 is 0 Å². The van der Waals surface area contributed by atoms with Crippen molar-refractivity contribution >= 4 is 0 Å². The summed E-state index contributed by atoms with van der Waals surface area (Å²) in [6.07, 6.45) is 0. The van der Waals surface area contributed by atoms with Gasteiger partial charge in [0, 0.05) is 21.7 Å². The maximum atomic E-state index is 8.63. The van der Waals surface area contributed by atoms with Crippen molar-refractivity contribution in [3.8, 4) is 17.2 Å². The van der Waals surface area contributed by atoms with Crippen LogP contribution in [0.1, 0.15) is 19.4 Å². The van der Waals surface area contributed by atoms with Crippen LogP contribution in [0.15, 0.2) is 121 Å². The summed E-state index contributed by atoms with van der Waals surface area (Å²) in [7, 11) is 0. The smallest absolute Gasteiger partial charge is 0.115 e. The molecule has 0 aliphatic heterocycles. The fourth-order valence-electron chi connectivity index (χ4n) is 2.17. The predicted molar refractivity (Wildman–Crippen MR) is 129 cm³/mol. The van der Waals surface area contributed by atoms with E-state index in [2.05, 4.69) is 32.9 Å². The van der Waals surface area contributed by atoms with Crippen LogP contribution in [0.25, 0.3) is 0 Å². The van der Waals surface area contributed by atoms with Crippen molar-refractivity contribution in [1.82, 2.24) is 0 Å². The van der Waals surface area contributed by atoms with Gasteiger partial charge in [0.1, 0.15) is 17.2 Å². The van der Waals surface area contributed by atoms with E-state index in [-0.39, 0.29) is 27.1 Å². The van der Waals surface area contributed by atoms with Crippen molar-refractivity contribution in [1.29, 1.82) is 0 Å². The number of rotatable bonds is 1. The Bertz CT molecular complexity index is 835. The molecule has 32 heavy (non-hydrogen) atoms. The Morgan fingerprint density at radius 3 is 0.812 bits per heavy atom. The molecule has 0 aliphatic rings. The average molecular weight is 463 g/mol. The Hall–Kier alpha value is -3.01. The van der Waals surface area contributed by atoms with E-state index in [4.69, 9.17) is 15.3 Å². The Balaban J connectivity index is 0.000000401. The first kappa shape index (κ1) is 29.0. The fraction of sp³-hybridized carbons (Fsp3) is 0.107. The van der Waals surface area contributed by atoms with Crippen LogP contribution in [0, 0.1) is 6.92 Å². The first-order valence-electron chi connectivity index (χ1n) is 9.92. The topological polar surface area (TPSA) is 60.7 Å². The molecule has 3 nitrogen and oxygen atoms in total. The maximum Gasteiger partial charge on any atom is 0.115 e. The number of benzene rings is 4. The Labute approximate surface area is 206 Å². The molecular weight excluding hydrogens is 432 g/mol. The second-order valence-corrected chi connectivity index (χ2v) is 7.26. The van der Waals surface area contributed by atoms with Gasteiger partial charge in [-0.3, -0.25) is 0 Å². The van der Waals surface area contributed by atoms with E-state index < -0.39 is 0 Å². The van der Waals surface area contributed by atoms with Crippen LogP contribution in [-0.4, -0.2) is 15.3 Å². The summed E-state index contributed by atoms with van der Waals surface area (Å²) in [5, 5.41) is 25.9. The van der Waals surface area contributed by atoms with E-state index in [9.17, 15) is 0 Å². The van der Waals surface area contributed by atoms with Gasteiger partial charge in [0.25, 0.3) is 0 Å². The quantitative estimate of drug-likeness (QED) is 0.211. The molecule has 0 aromatic heterocycles. The number of phenols is 3. The summed E-state index contributed by atoms with van der Waals surface area (Å²) < 4.78 is 0. The fourth-order valence-corrected chi connectivity index (χ4v) is 2.17. The third-order valence-electron chi connectivity index (χ3n) is 3.82. The Morgan fingerprint density at radius 2 is 0.688 bits per heavy atom. The molecule has 0 unspecified atom stereocenters. The molecule has 4 aromatic rings. The molecule has 0 saturated carbocycles. The van der Waals surface area contributed by atoms with Gasteiger partial charge in [0.2, 0.25) is 0 Å². The molecule has 4 rings (SSSR count). The van der Waals surface area contributed by atoms with Gasteiger partial charge in [-0.05, 0) is 36.4 Å². The summed E-state index contributed by atoms with van der Waals surface area (Å²) in [4.78, 5) is 0.